The summed E-state index contributed by atoms with van der Waals surface area (Å²) in [4.78, 5) is 20.8. The molecular weight excluding hydrogens is 533 g/mol. The van der Waals surface area contributed by atoms with Gasteiger partial charge in [-0.25, -0.2) is 14.5 Å². The van der Waals surface area contributed by atoms with Gasteiger partial charge < -0.3 is 24.3 Å². The molecule has 0 aliphatic carbocycles. The van der Waals surface area contributed by atoms with E-state index in [1.165, 1.54) is 13.3 Å². The van der Waals surface area contributed by atoms with Gasteiger partial charge in [0.05, 0.1) is 23.7 Å². The largest absolute Gasteiger partial charge is 0.462 e. The van der Waals surface area contributed by atoms with E-state index in [-0.39, 0.29) is 24.0 Å². The Balaban J connectivity index is 1.52. The summed E-state index contributed by atoms with van der Waals surface area (Å²) in [6.45, 7) is 8.81. The molecule has 2 aromatic heterocycles. The average Bonchev–Trinajstić information content (AvgIpc) is 3.44. The van der Waals surface area contributed by atoms with Crippen molar-refractivity contribution in [2.45, 2.75) is 71.6 Å². The summed E-state index contributed by atoms with van der Waals surface area (Å²) in [6.07, 6.45) is 2.14. The Labute approximate surface area is 226 Å². The van der Waals surface area contributed by atoms with Crippen LogP contribution in [0.5, 0.6) is 5.75 Å². The van der Waals surface area contributed by atoms with Gasteiger partial charge in [-0.2, -0.15) is 5.09 Å². The average molecular weight is 566 g/mol. The number of esters is 1. The minimum absolute atomic E-state index is 0.0855. The smallest absolute Gasteiger partial charge is 0.459 e. The van der Waals surface area contributed by atoms with E-state index in [2.05, 4.69) is 22.0 Å². The number of rotatable bonds is 10. The SMILES string of the molecule is CC(C)OC(=O)C(C)NP(=O)(Oc1ccc(Cl)cc1)OC(C)C1CC(C)C(n2ccc3c(N)ncnc32)O1. The molecule has 1 aliphatic heterocycles. The number of nitrogen functional groups attached to an aromatic ring is 1. The Bertz CT molecular complexity index is 1320. The molecule has 3 N–H and O–H groups in total. The Morgan fingerprint density at radius 3 is 2.61 bits per heavy atom. The Morgan fingerprint density at radius 1 is 1.21 bits per heavy atom. The summed E-state index contributed by atoms with van der Waals surface area (Å²) in [5, 5.41) is 3.94. The van der Waals surface area contributed by atoms with Crippen molar-refractivity contribution in [3.63, 3.8) is 0 Å². The van der Waals surface area contributed by atoms with Crippen molar-refractivity contribution >= 4 is 42.2 Å². The van der Waals surface area contributed by atoms with Crippen LogP contribution in [0.25, 0.3) is 11.0 Å². The maximum atomic E-state index is 14.0. The van der Waals surface area contributed by atoms with E-state index in [0.717, 1.165) is 5.39 Å². The van der Waals surface area contributed by atoms with Crippen LogP contribution < -0.4 is 15.3 Å². The summed E-state index contributed by atoms with van der Waals surface area (Å²) in [6, 6.07) is 7.23. The lowest BCUT2D eigenvalue weighted by Gasteiger charge is -2.28. The summed E-state index contributed by atoms with van der Waals surface area (Å²) in [5.41, 5.74) is 6.66. The zero-order valence-electron chi connectivity index (χ0n) is 21.9. The third-order valence-corrected chi connectivity index (χ3v) is 8.16. The van der Waals surface area contributed by atoms with Gasteiger partial charge >= 0.3 is 13.7 Å². The van der Waals surface area contributed by atoms with Crippen molar-refractivity contribution < 1.29 is 27.9 Å². The molecule has 4 rings (SSSR count). The van der Waals surface area contributed by atoms with Crippen LogP contribution in [-0.4, -0.2) is 44.9 Å². The molecule has 1 saturated heterocycles. The molecule has 6 atom stereocenters. The molecule has 0 amide bonds. The highest BCUT2D eigenvalue weighted by Gasteiger charge is 2.42. The molecule has 3 aromatic rings. The molecule has 1 fully saturated rings. The Morgan fingerprint density at radius 2 is 1.92 bits per heavy atom. The molecule has 11 nitrogen and oxygen atoms in total. The molecule has 1 aromatic carbocycles. The Hall–Kier alpha value is -2.69. The number of hydrogen-bond acceptors (Lipinski definition) is 9. The van der Waals surface area contributed by atoms with Gasteiger partial charge in [0.2, 0.25) is 0 Å². The number of nitrogens with one attached hydrogen (secondary N) is 1. The van der Waals surface area contributed by atoms with Crippen molar-refractivity contribution in [2.24, 2.45) is 5.92 Å². The number of nitrogens with zero attached hydrogens (tertiary/aromatic N) is 3. The van der Waals surface area contributed by atoms with E-state index in [0.29, 0.717) is 22.9 Å². The monoisotopic (exact) mass is 565 g/mol. The zero-order valence-corrected chi connectivity index (χ0v) is 23.6. The molecule has 0 radical (unpaired) electrons. The second kappa shape index (κ2) is 11.6. The van der Waals surface area contributed by atoms with Crippen molar-refractivity contribution in [1.82, 2.24) is 19.6 Å². The quantitative estimate of drug-likeness (QED) is 0.251. The first kappa shape index (κ1) is 28.3. The summed E-state index contributed by atoms with van der Waals surface area (Å²) in [5.74, 6) is 0.158. The number of fused-ring (bicyclic) bond motifs is 1. The lowest BCUT2D eigenvalue weighted by molar-refractivity contribution is -0.149. The predicted octanol–water partition coefficient (Wildman–Crippen LogP) is 5.11. The maximum Gasteiger partial charge on any atom is 0.459 e. The number of carbonyl (C=O) groups is 1. The third kappa shape index (κ3) is 6.47. The summed E-state index contributed by atoms with van der Waals surface area (Å²) < 4.78 is 39.3. The van der Waals surface area contributed by atoms with E-state index >= 15 is 0 Å². The highest BCUT2D eigenvalue weighted by molar-refractivity contribution is 7.52. The van der Waals surface area contributed by atoms with Gasteiger partial charge in [0.1, 0.15) is 35.8 Å². The zero-order chi connectivity index (χ0) is 27.6. The van der Waals surface area contributed by atoms with Crippen LogP contribution in [0.15, 0.2) is 42.9 Å². The normalized spacial score (nSPS) is 22.8. The van der Waals surface area contributed by atoms with Crippen LogP contribution in [0.2, 0.25) is 5.02 Å². The van der Waals surface area contributed by atoms with Crippen LogP contribution in [0.4, 0.5) is 5.82 Å². The van der Waals surface area contributed by atoms with Crippen molar-refractivity contribution in [3.8, 4) is 5.75 Å². The van der Waals surface area contributed by atoms with Gasteiger partial charge in [-0.15, -0.1) is 0 Å². The van der Waals surface area contributed by atoms with Crippen LogP contribution in [0.1, 0.15) is 47.3 Å². The summed E-state index contributed by atoms with van der Waals surface area (Å²) in [7, 11) is -4.08. The van der Waals surface area contributed by atoms with E-state index in [4.69, 9.17) is 35.9 Å². The minimum atomic E-state index is -4.08. The van der Waals surface area contributed by atoms with E-state index in [1.54, 1.807) is 45.0 Å². The second-order valence-electron chi connectivity index (χ2n) is 9.69. The van der Waals surface area contributed by atoms with Crippen LogP contribution in [0, 0.1) is 5.92 Å². The van der Waals surface area contributed by atoms with Gasteiger partial charge in [0.25, 0.3) is 0 Å². The number of benzene rings is 1. The molecule has 3 heterocycles. The first-order valence-electron chi connectivity index (χ1n) is 12.4. The van der Waals surface area contributed by atoms with Gasteiger partial charge in [-0.05, 0) is 64.4 Å². The highest BCUT2D eigenvalue weighted by atomic mass is 35.5. The van der Waals surface area contributed by atoms with Gasteiger partial charge in [0.15, 0.2) is 0 Å². The molecular formula is C25H33ClN5O6P. The maximum absolute atomic E-state index is 14.0. The van der Waals surface area contributed by atoms with Crippen LogP contribution in [-0.2, 0) is 23.4 Å². The number of halogens is 1. The standard InChI is InChI=1S/C25H33ClN5O6P/c1-14(2)34-25(32)16(4)30-38(33,37-19-8-6-18(26)7-9-19)36-17(5)21-12-15(3)24(35-21)31-11-10-20-22(27)28-13-29-23(20)31/h6-11,13-17,21,24H,12H2,1-5H3,(H,30,33)(H2,27,28,29). The third-order valence-electron chi connectivity index (χ3n) is 6.14. The molecule has 0 spiro atoms. The number of hydrogen-bond donors (Lipinski definition) is 2. The molecule has 0 bridgehead atoms. The Kier molecular flexibility index (Phi) is 8.64. The molecule has 1 aliphatic rings. The topological polar surface area (TPSA) is 140 Å². The fourth-order valence-electron chi connectivity index (χ4n) is 4.31. The first-order valence-corrected chi connectivity index (χ1v) is 14.3. The van der Waals surface area contributed by atoms with Crippen molar-refractivity contribution in [2.75, 3.05) is 5.73 Å². The van der Waals surface area contributed by atoms with Crippen molar-refractivity contribution in [1.29, 1.82) is 0 Å². The predicted molar refractivity (Wildman–Crippen MR) is 144 cm³/mol. The van der Waals surface area contributed by atoms with Crippen molar-refractivity contribution in [3.05, 3.63) is 47.9 Å². The van der Waals surface area contributed by atoms with E-state index < -0.39 is 32.0 Å². The summed E-state index contributed by atoms with van der Waals surface area (Å²) >= 11 is 5.98. The second-order valence-corrected chi connectivity index (χ2v) is 11.8. The number of ether oxygens (including phenoxy) is 2. The van der Waals surface area contributed by atoms with Gasteiger partial charge in [-0.1, -0.05) is 18.5 Å². The number of anilines is 1. The van der Waals surface area contributed by atoms with Gasteiger partial charge in [0, 0.05) is 17.1 Å². The molecule has 6 unspecified atom stereocenters. The molecule has 206 valence electrons. The van der Waals surface area contributed by atoms with Crippen LogP contribution >= 0.6 is 19.3 Å². The minimum Gasteiger partial charge on any atom is -0.462 e. The van der Waals surface area contributed by atoms with Crippen LogP contribution in [0.3, 0.4) is 0 Å². The lowest BCUT2D eigenvalue weighted by Crippen LogP contribution is -2.38. The highest BCUT2D eigenvalue weighted by Crippen LogP contribution is 2.48. The number of aromatic nitrogens is 3. The fraction of sp³-hybridized carbons (Fsp3) is 0.480. The van der Waals surface area contributed by atoms with Gasteiger partial charge in [-0.3, -0.25) is 9.32 Å². The fourth-order valence-corrected chi connectivity index (χ4v) is 6.15. The number of carbonyl (C=O) groups excluding carboxylic acids is 1. The molecule has 0 saturated carbocycles. The first-order chi connectivity index (χ1) is 18.0. The molecule has 38 heavy (non-hydrogen) atoms. The molecule has 13 heteroatoms. The van der Waals surface area contributed by atoms with E-state index in [1.807, 2.05) is 16.8 Å². The number of nitrogens with two attached hydrogens (primary N) is 1. The van der Waals surface area contributed by atoms with E-state index in [9.17, 15) is 9.36 Å². The lowest BCUT2D eigenvalue weighted by atomic mass is 10.0.